The van der Waals surface area contributed by atoms with Gasteiger partial charge in [0.15, 0.2) is 0 Å². The van der Waals surface area contributed by atoms with Crippen molar-refractivity contribution < 1.29 is 26.6 Å². The third-order valence-electron chi connectivity index (χ3n) is 4.89. The molecule has 2 N–H and O–H groups in total. The standard InChI is InChI=1S/C16H22O3Si.C9H23NO3Si/c1-4-17-20(18-5-2,19-6-3)16-12-11-14-9-7-8-10-15(14)13-16;1-4-11-14(12-5-2,13-6-3)9-7-8-10/h7-13H,4-6H2,1-3H3;4-10H2,1-3H3. The fraction of sp³-hybridized carbons (Fsp3) is 0.600. The third-order valence-corrected chi connectivity index (χ3v) is 11.1. The molecule has 0 spiro atoms. The number of rotatable bonds is 16. The molecule has 2 aromatic carbocycles. The molecule has 0 aliphatic heterocycles. The lowest BCUT2D eigenvalue weighted by atomic mass is 10.1. The molecule has 0 saturated heterocycles. The van der Waals surface area contributed by atoms with E-state index >= 15 is 0 Å². The van der Waals surface area contributed by atoms with Gasteiger partial charge in [0.25, 0.3) is 0 Å². The summed E-state index contributed by atoms with van der Waals surface area (Å²) >= 11 is 0. The molecule has 0 fully saturated rings. The molecule has 0 saturated carbocycles. The van der Waals surface area contributed by atoms with Crippen molar-refractivity contribution in [1.82, 2.24) is 0 Å². The SMILES string of the molecule is CCO[Si](CCCN)(OCC)OCC.CCO[Si](OCC)(OCC)c1ccc2ccccc2c1. The van der Waals surface area contributed by atoms with Gasteiger partial charge in [0, 0.05) is 50.9 Å². The molecule has 0 bridgehead atoms. The van der Waals surface area contributed by atoms with Crippen LogP contribution in [-0.4, -0.2) is 63.8 Å². The summed E-state index contributed by atoms with van der Waals surface area (Å²) in [4.78, 5) is 0. The Morgan fingerprint density at radius 3 is 1.53 bits per heavy atom. The summed E-state index contributed by atoms with van der Waals surface area (Å²) in [6, 6.07) is 15.4. The van der Waals surface area contributed by atoms with Crippen LogP contribution in [0.2, 0.25) is 6.04 Å². The van der Waals surface area contributed by atoms with Gasteiger partial charge in [-0.25, -0.2) is 0 Å². The Balaban J connectivity index is 0.000000365. The lowest BCUT2D eigenvalue weighted by Gasteiger charge is -2.28. The predicted molar refractivity (Wildman–Crippen MR) is 143 cm³/mol. The average Bonchev–Trinajstić information content (AvgIpc) is 2.84. The van der Waals surface area contributed by atoms with Crippen LogP contribution in [0.1, 0.15) is 48.0 Å². The molecule has 0 aromatic heterocycles. The van der Waals surface area contributed by atoms with Crippen molar-refractivity contribution in [1.29, 1.82) is 0 Å². The maximum atomic E-state index is 5.94. The number of fused-ring (bicyclic) bond motifs is 1. The Hall–Kier alpha value is -1.15. The van der Waals surface area contributed by atoms with E-state index in [0.29, 0.717) is 46.2 Å². The highest BCUT2D eigenvalue weighted by molar-refractivity contribution is 6.75. The van der Waals surface area contributed by atoms with Crippen LogP contribution in [0.3, 0.4) is 0 Å². The predicted octanol–water partition coefficient (Wildman–Crippen LogP) is 4.48. The summed E-state index contributed by atoms with van der Waals surface area (Å²) < 4.78 is 34.8. The molecule has 0 amide bonds. The van der Waals surface area contributed by atoms with Crippen molar-refractivity contribution in [3.63, 3.8) is 0 Å². The van der Waals surface area contributed by atoms with Crippen LogP contribution in [0.5, 0.6) is 0 Å². The highest BCUT2D eigenvalue weighted by Crippen LogP contribution is 2.18. The summed E-state index contributed by atoms with van der Waals surface area (Å²) in [5.74, 6) is 0. The van der Waals surface area contributed by atoms with Crippen LogP contribution in [0.15, 0.2) is 42.5 Å². The van der Waals surface area contributed by atoms with E-state index in [9.17, 15) is 0 Å². The maximum absolute atomic E-state index is 5.94. The van der Waals surface area contributed by atoms with Gasteiger partial charge in [-0.15, -0.1) is 0 Å². The zero-order valence-corrected chi connectivity index (χ0v) is 23.9. The summed E-state index contributed by atoms with van der Waals surface area (Å²) in [5, 5.41) is 3.42. The second-order valence-corrected chi connectivity index (χ2v) is 12.6. The molecule has 0 aliphatic carbocycles. The second-order valence-electron chi connectivity index (χ2n) is 7.29. The number of hydrogen-bond acceptors (Lipinski definition) is 7. The topological polar surface area (TPSA) is 81.4 Å². The first-order valence-corrected chi connectivity index (χ1v) is 16.2. The van der Waals surface area contributed by atoms with E-state index in [0.717, 1.165) is 17.7 Å². The van der Waals surface area contributed by atoms with Crippen molar-refractivity contribution in [3.05, 3.63) is 42.5 Å². The third kappa shape index (κ3) is 9.48. The van der Waals surface area contributed by atoms with Crippen molar-refractivity contribution in [3.8, 4) is 0 Å². The van der Waals surface area contributed by atoms with Gasteiger partial charge >= 0.3 is 17.6 Å². The molecule has 9 heteroatoms. The van der Waals surface area contributed by atoms with Crippen molar-refractivity contribution in [2.24, 2.45) is 5.73 Å². The summed E-state index contributed by atoms with van der Waals surface area (Å²) in [6.07, 6.45) is 0.895. The zero-order chi connectivity index (χ0) is 25.3. The van der Waals surface area contributed by atoms with Gasteiger partial charge in [-0.2, -0.15) is 0 Å². The molecule has 7 nitrogen and oxygen atoms in total. The van der Waals surface area contributed by atoms with Gasteiger partial charge in [0.2, 0.25) is 0 Å². The Kier molecular flexibility index (Phi) is 15.7. The molecule has 0 heterocycles. The molecule has 0 radical (unpaired) electrons. The molecule has 2 rings (SSSR count). The van der Waals surface area contributed by atoms with Crippen molar-refractivity contribution in [2.45, 2.75) is 54.0 Å². The Bertz CT molecular complexity index is 761. The van der Waals surface area contributed by atoms with Gasteiger partial charge in [0.1, 0.15) is 0 Å². The molecular weight excluding hydrogens is 466 g/mol. The molecule has 194 valence electrons. The molecule has 0 aliphatic rings. The number of benzene rings is 2. The normalized spacial score (nSPS) is 12.0. The highest BCUT2D eigenvalue weighted by Gasteiger charge is 2.43. The summed E-state index contributed by atoms with van der Waals surface area (Å²) in [7, 11) is -5.19. The fourth-order valence-electron chi connectivity index (χ4n) is 3.64. The number of nitrogens with two attached hydrogens (primary N) is 1. The van der Waals surface area contributed by atoms with Crippen LogP contribution in [0.25, 0.3) is 10.8 Å². The summed E-state index contributed by atoms with van der Waals surface area (Å²) in [5.41, 5.74) is 5.48. The molecule has 0 atom stereocenters. The van der Waals surface area contributed by atoms with Gasteiger partial charge in [-0.1, -0.05) is 36.4 Å². The first kappa shape index (κ1) is 30.9. The minimum absolute atomic E-state index is 0.582. The maximum Gasteiger partial charge on any atom is 0.537 e. The smallest absolute Gasteiger partial charge is 0.374 e. The quantitative estimate of drug-likeness (QED) is 0.333. The largest absolute Gasteiger partial charge is 0.537 e. The van der Waals surface area contributed by atoms with Crippen molar-refractivity contribution >= 4 is 33.6 Å². The van der Waals surface area contributed by atoms with E-state index in [2.05, 4.69) is 30.3 Å². The van der Waals surface area contributed by atoms with Crippen LogP contribution in [0, 0.1) is 0 Å². The minimum atomic E-state index is -2.79. The molecule has 34 heavy (non-hydrogen) atoms. The van der Waals surface area contributed by atoms with E-state index in [1.807, 2.05) is 53.7 Å². The molecule has 0 unspecified atom stereocenters. The van der Waals surface area contributed by atoms with E-state index in [1.54, 1.807) is 0 Å². The number of hydrogen-bond donors (Lipinski definition) is 1. The Morgan fingerprint density at radius 2 is 1.09 bits per heavy atom. The van der Waals surface area contributed by atoms with Crippen molar-refractivity contribution in [2.75, 3.05) is 46.2 Å². The van der Waals surface area contributed by atoms with Gasteiger partial charge < -0.3 is 32.3 Å². The van der Waals surface area contributed by atoms with E-state index in [1.165, 1.54) is 10.8 Å². The monoisotopic (exact) mass is 511 g/mol. The van der Waals surface area contributed by atoms with E-state index < -0.39 is 17.6 Å². The van der Waals surface area contributed by atoms with Crippen LogP contribution >= 0.6 is 0 Å². The van der Waals surface area contributed by atoms with Crippen LogP contribution in [0.4, 0.5) is 0 Å². The van der Waals surface area contributed by atoms with Crippen LogP contribution in [-0.2, 0) is 26.6 Å². The van der Waals surface area contributed by atoms with Gasteiger partial charge in [-0.3, -0.25) is 0 Å². The second kappa shape index (κ2) is 17.3. The fourth-order valence-corrected chi connectivity index (χ4v) is 8.79. The van der Waals surface area contributed by atoms with Crippen LogP contribution < -0.4 is 10.9 Å². The van der Waals surface area contributed by atoms with E-state index in [-0.39, 0.29) is 0 Å². The molecular formula is C25H45NO6Si2. The first-order valence-electron chi connectivity index (χ1n) is 12.5. The lowest BCUT2D eigenvalue weighted by Crippen LogP contribution is -2.56. The van der Waals surface area contributed by atoms with Gasteiger partial charge in [0.05, 0.1) is 0 Å². The lowest BCUT2D eigenvalue weighted by molar-refractivity contribution is 0.0709. The Morgan fingerprint density at radius 1 is 0.618 bits per heavy atom. The average molecular weight is 512 g/mol. The Labute approximate surface area is 208 Å². The highest BCUT2D eigenvalue weighted by atomic mass is 28.4. The first-order chi connectivity index (χ1) is 16.5. The molecule has 2 aromatic rings. The van der Waals surface area contributed by atoms with Gasteiger partial charge in [-0.05, 0) is 71.3 Å². The summed E-state index contributed by atoms with van der Waals surface area (Å²) in [6.45, 7) is 16.1. The minimum Gasteiger partial charge on any atom is -0.374 e. The van der Waals surface area contributed by atoms with E-state index in [4.69, 9.17) is 32.3 Å². The zero-order valence-electron chi connectivity index (χ0n) is 21.9.